The molecule has 1 nitrogen and oxygen atoms in total. The van der Waals surface area contributed by atoms with E-state index in [0.29, 0.717) is 0 Å². The first-order chi connectivity index (χ1) is 13.8. The van der Waals surface area contributed by atoms with E-state index in [0.717, 1.165) is 31.5 Å². The third kappa shape index (κ3) is 6.34. The molecule has 0 aliphatic heterocycles. The highest BCUT2D eigenvalue weighted by molar-refractivity contribution is 5.49. The Kier molecular flexibility index (Phi) is 8.36. The number of hydrogen-bond donors (Lipinski definition) is 0. The van der Waals surface area contributed by atoms with Crippen LogP contribution in [0.1, 0.15) is 80.5 Å². The van der Waals surface area contributed by atoms with Crippen molar-refractivity contribution in [3.63, 3.8) is 0 Å². The van der Waals surface area contributed by atoms with Crippen molar-refractivity contribution >= 4 is 6.08 Å². The van der Waals surface area contributed by atoms with E-state index in [1.807, 2.05) is 0 Å². The Hall–Kier alpha value is -1.86. The lowest BCUT2D eigenvalue weighted by atomic mass is 9.77. The predicted molar refractivity (Wildman–Crippen MR) is 121 cm³/mol. The normalized spacial score (nSPS) is 19.9. The van der Waals surface area contributed by atoms with Crippen molar-refractivity contribution in [2.75, 3.05) is 6.61 Å². The van der Waals surface area contributed by atoms with Crippen LogP contribution in [0.2, 0.25) is 0 Å². The first-order valence-corrected chi connectivity index (χ1v) is 11.2. The second-order valence-corrected chi connectivity index (χ2v) is 8.29. The van der Waals surface area contributed by atoms with Gasteiger partial charge < -0.3 is 4.74 Å². The Labute approximate surface area is 171 Å². The molecule has 0 radical (unpaired) electrons. The molecule has 0 spiro atoms. The van der Waals surface area contributed by atoms with Crippen LogP contribution in [0.3, 0.4) is 0 Å². The van der Waals surface area contributed by atoms with Gasteiger partial charge in [-0.05, 0) is 86.0 Å². The van der Waals surface area contributed by atoms with Crippen LogP contribution < -0.4 is 0 Å². The molecule has 0 atom stereocenters. The largest absolute Gasteiger partial charge is 0.377 e. The summed E-state index contributed by atoms with van der Waals surface area (Å²) in [5.74, 6) is 1.65. The third-order valence-electron chi connectivity index (χ3n) is 6.10. The molecule has 0 saturated heterocycles. The van der Waals surface area contributed by atoms with Gasteiger partial charge in [0, 0.05) is 6.61 Å². The Morgan fingerprint density at radius 1 is 0.893 bits per heavy atom. The van der Waals surface area contributed by atoms with Crippen LogP contribution in [0.4, 0.5) is 0 Å². The van der Waals surface area contributed by atoms with Gasteiger partial charge in [-0.15, -0.1) is 0 Å². The van der Waals surface area contributed by atoms with Gasteiger partial charge in [-0.1, -0.05) is 67.6 Å². The van der Waals surface area contributed by atoms with Crippen molar-refractivity contribution in [1.82, 2.24) is 0 Å². The van der Waals surface area contributed by atoms with Crippen LogP contribution in [0, 0.1) is 5.92 Å². The standard InChI is InChI=1S/C27H36O/c1-3-5-22-6-8-23(9-7-22)10-11-24-12-16-26(17-13-24)27-18-14-25(15-19-27)21-28-20-4-2/h3,5-9,14-15,18-19,24,26H,4,10-13,16-17,20-21H2,1-2H3/t24-,26-. The van der Waals surface area contributed by atoms with Crippen molar-refractivity contribution in [1.29, 1.82) is 0 Å². The van der Waals surface area contributed by atoms with Gasteiger partial charge in [0.05, 0.1) is 6.61 Å². The summed E-state index contributed by atoms with van der Waals surface area (Å²) in [6.07, 6.45) is 13.3. The molecule has 1 aliphatic rings. The summed E-state index contributed by atoms with van der Waals surface area (Å²) >= 11 is 0. The summed E-state index contributed by atoms with van der Waals surface area (Å²) in [6, 6.07) is 18.3. The van der Waals surface area contributed by atoms with Gasteiger partial charge in [0.25, 0.3) is 0 Å². The maximum Gasteiger partial charge on any atom is 0.0716 e. The summed E-state index contributed by atoms with van der Waals surface area (Å²) < 4.78 is 5.65. The maximum atomic E-state index is 5.65. The van der Waals surface area contributed by atoms with Crippen LogP contribution in [0.15, 0.2) is 54.6 Å². The number of aryl methyl sites for hydroxylation is 1. The molecular formula is C27H36O. The molecule has 1 fully saturated rings. The Bertz CT molecular complexity index is 703. The van der Waals surface area contributed by atoms with Gasteiger partial charge in [0.15, 0.2) is 0 Å². The highest BCUT2D eigenvalue weighted by Gasteiger charge is 2.22. The summed E-state index contributed by atoms with van der Waals surface area (Å²) in [7, 11) is 0. The van der Waals surface area contributed by atoms with E-state index in [9.17, 15) is 0 Å². The molecule has 150 valence electrons. The van der Waals surface area contributed by atoms with E-state index in [1.165, 1.54) is 60.8 Å². The van der Waals surface area contributed by atoms with Crippen molar-refractivity contribution in [2.45, 2.75) is 71.3 Å². The zero-order chi connectivity index (χ0) is 19.6. The highest BCUT2D eigenvalue weighted by atomic mass is 16.5. The van der Waals surface area contributed by atoms with Crippen LogP contribution >= 0.6 is 0 Å². The van der Waals surface area contributed by atoms with Gasteiger partial charge in [-0.25, -0.2) is 0 Å². The van der Waals surface area contributed by atoms with E-state index in [4.69, 9.17) is 4.74 Å². The fraction of sp³-hybridized carbons (Fsp3) is 0.481. The lowest BCUT2D eigenvalue weighted by Crippen LogP contribution is -2.14. The van der Waals surface area contributed by atoms with Gasteiger partial charge in [0.2, 0.25) is 0 Å². The molecule has 2 aromatic rings. The summed E-state index contributed by atoms with van der Waals surface area (Å²) in [6.45, 7) is 5.82. The highest BCUT2D eigenvalue weighted by Crippen LogP contribution is 2.37. The average molecular weight is 377 g/mol. The maximum absolute atomic E-state index is 5.65. The van der Waals surface area contributed by atoms with Crippen molar-refractivity contribution in [2.24, 2.45) is 5.92 Å². The average Bonchev–Trinajstić information content (AvgIpc) is 2.75. The smallest absolute Gasteiger partial charge is 0.0716 e. The number of allylic oxidation sites excluding steroid dienone is 1. The number of hydrogen-bond acceptors (Lipinski definition) is 1. The molecule has 0 bridgehead atoms. The van der Waals surface area contributed by atoms with Crippen molar-refractivity contribution < 1.29 is 4.74 Å². The van der Waals surface area contributed by atoms with E-state index < -0.39 is 0 Å². The number of rotatable bonds is 9. The molecule has 0 heterocycles. The topological polar surface area (TPSA) is 9.23 Å². The van der Waals surface area contributed by atoms with E-state index in [2.05, 4.69) is 74.5 Å². The summed E-state index contributed by atoms with van der Waals surface area (Å²) in [5, 5.41) is 0. The van der Waals surface area contributed by atoms with Crippen LogP contribution in [-0.2, 0) is 17.8 Å². The lowest BCUT2D eigenvalue weighted by Gasteiger charge is -2.29. The molecule has 1 aliphatic carbocycles. The van der Waals surface area contributed by atoms with E-state index >= 15 is 0 Å². The molecule has 3 rings (SSSR count). The molecule has 1 heteroatoms. The first-order valence-electron chi connectivity index (χ1n) is 11.2. The molecule has 2 aromatic carbocycles. The third-order valence-corrected chi connectivity index (χ3v) is 6.10. The van der Waals surface area contributed by atoms with E-state index in [1.54, 1.807) is 0 Å². The van der Waals surface area contributed by atoms with Gasteiger partial charge in [-0.3, -0.25) is 0 Å². The number of benzene rings is 2. The fourth-order valence-corrected chi connectivity index (χ4v) is 4.36. The fourth-order valence-electron chi connectivity index (χ4n) is 4.36. The molecule has 0 N–H and O–H groups in total. The first kappa shape index (κ1) is 20.9. The molecular weight excluding hydrogens is 340 g/mol. The summed E-state index contributed by atoms with van der Waals surface area (Å²) in [4.78, 5) is 0. The van der Waals surface area contributed by atoms with Crippen LogP contribution in [-0.4, -0.2) is 6.61 Å². The Morgan fingerprint density at radius 2 is 1.57 bits per heavy atom. The zero-order valence-electron chi connectivity index (χ0n) is 17.7. The minimum absolute atomic E-state index is 0.747. The predicted octanol–water partition coefficient (Wildman–Crippen LogP) is 7.55. The van der Waals surface area contributed by atoms with Crippen molar-refractivity contribution in [3.05, 3.63) is 76.9 Å². The molecule has 1 saturated carbocycles. The molecule has 0 amide bonds. The monoisotopic (exact) mass is 376 g/mol. The lowest BCUT2D eigenvalue weighted by molar-refractivity contribution is 0.121. The van der Waals surface area contributed by atoms with Crippen LogP contribution in [0.5, 0.6) is 0 Å². The van der Waals surface area contributed by atoms with Crippen molar-refractivity contribution in [3.8, 4) is 0 Å². The second-order valence-electron chi connectivity index (χ2n) is 8.29. The number of ether oxygens (including phenoxy) is 1. The van der Waals surface area contributed by atoms with E-state index in [-0.39, 0.29) is 0 Å². The Balaban J connectivity index is 1.41. The van der Waals surface area contributed by atoms with Gasteiger partial charge in [-0.2, -0.15) is 0 Å². The summed E-state index contributed by atoms with van der Waals surface area (Å²) in [5.41, 5.74) is 5.61. The molecule has 0 aromatic heterocycles. The minimum Gasteiger partial charge on any atom is -0.377 e. The zero-order valence-corrected chi connectivity index (χ0v) is 17.7. The molecule has 28 heavy (non-hydrogen) atoms. The Morgan fingerprint density at radius 3 is 2.21 bits per heavy atom. The van der Waals surface area contributed by atoms with Gasteiger partial charge in [0.1, 0.15) is 0 Å². The molecule has 0 unspecified atom stereocenters. The van der Waals surface area contributed by atoms with Gasteiger partial charge >= 0.3 is 0 Å². The minimum atomic E-state index is 0.747. The van der Waals surface area contributed by atoms with Crippen LogP contribution in [0.25, 0.3) is 6.08 Å². The second kappa shape index (κ2) is 11.2. The quantitative estimate of drug-likeness (QED) is 0.410. The SMILES string of the molecule is CC=Cc1ccc(CC[C@H]2CC[C@H](c3ccc(COCCC)cc3)CC2)cc1.